The van der Waals surface area contributed by atoms with Gasteiger partial charge in [-0.3, -0.25) is 4.90 Å². The summed E-state index contributed by atoms with van der Waals surface area (Å²) in [5.41, 5.74) is 1.04. The molecule has 144 valence electrons. The fraction of sp³-hybridized carbons (Fsp3) is 0.333. The van der Waals surface area contributed by atoms with Crippen molar-refractivity contribution in [3.8, 4) is 5.75 Å². The molecule has 0 bridgehead atoms. The van der Waals surface area contributed by atoms with E-state index in [1.807, 2.05) is 35.2 Å². The molecular formula is C18H20BrClF2NO3-. The topological polar surface area (TPSA) is 52.9 Å². The smallest absolute Gasteiger partial charge is 0.190 e. The summed E-state index contributed by atoms with van der Waals surface area (Å²) in [4.78, 5) is 1.84. The van der Waals surface area contributed by atoms with Gasteiger partial charge >= 0.3 is 0 Å². The summed E-state index contributed by atoms with van der Waals surface area (Å²) < 4.78 is 32.8. The molecule has 2 rings (SSSR count). The first-order chi connectivity index (χ1) is 12.0. The Morgan fingerprint density at radius 3 is 2.31 bits per heavy atom. The molecule has 1 atom stereocenters. The van der Waals surface area contributed by atoms with Gasteiger partial charge in [0.15, 0.2) is 17.4 Å². The van der Waals surface area contributed by atoms with E-state index in [0.29, 0.717) is 13.1 Å². The van der Waals surface area contributed by atoms with Gasteiger partial charge in [0, 0.05) is 24.1 Å². The Morgan fingerprint density at radius 2 is 1.73 bits per heavy atom. The average molecular weight is 452 g/mol. The van der Waals surface area contributed by atoms with E-state index < -0.39 is 23.5 Å². The second kappa shape index (κ2) is 11.5. The highest BCUT2D eigenvalue weighted by Gasteiger charge is 2.16. The number of rotatable bonds is 9. The van der Waals surface area contributed by atoms with Crippen LogP contribution in [0.2, 0.25) is 0 Å². The summed E-state index contributed by atoms with van der Waals surface area (Å²) in [6.45, 7) is 0.796. The zero-order valence-corrected chi connectivity index (χ0v) is 16.3. The molecule has 2 aromatic rings. The first kappa shape index (κ1) is 22.8. The molecule has 0 radical (unpaired) electrons. The molecule has 0 aliphatic heterocycles. The van der Waals surface area contributed by atoms with Gasteiger partial charge in [-0.15, -0.1) is 0 Å². The summed E-state index contributed by atoms with van der Waals surface area (Å²) in [5, 5.41) is 19.3. The Morgan fingerprint density at radius 1 is 1.12 bits per heavy atom. The highest BCUT2D eigenvalue weighted by Crippen LogP contribution is 2.26. The fourth-order valence-electron chi connectivity index (χ4n) is 2.42. The van der Waals surface area contributed by atoms with Gasteiger partial charge in [-0.05, 0) is 17.7 Å². The molecule has 26 heavy (non-hydrogen) atoms. The monoisotopic (exact) mass is 450 g/mol. The van der Waals surface area contributed by atoms with E-state index >= 15 is 0 Å². The molecule has 8 heteroatoms. The second-order valence-electron chi connectivity index (χ2n) is 5.61. The van der Waals surface area contributed by atoms with Crippen LogP contribution < -0.4 is 17.1 Å². The van der Waals surface area contributed by atoms with Crippen LogP contribution in [0.3, 0.4) is 0 Å². The molecule has 0 aliphatic rings. The molecule has 0 aliphatic carbocycles. The van der Waals surface area contributed by atoms with Crippen LogP contribution in [-0.4, -0.2) is 47.5 Å². The average Bonchev–Trinajstić information content (AvgIpc) is 2.55. The lowest BCUT2D eigenvalue weighted by atomic mass is 10.2. The second-order valence-corrected chi connectivity index (χ2v) is 6.52. The quantitative estimate of drug-likeness (QED) is 0.562. The normalized spacial score (nSPS) is 11.9. The molecular weight excluding hydrogens is 432 g/mol. The predicted octanol–water partition coefficient (Wildman–Crippen LogP) is -0.0345. The summed E-state index contributed by atoms with van der Waals surface area (Å²) in [7, 11) is 0. The van der Waals surface area contributed by atoms with Crippen LogP contribution in [0.5, 0.6) is 5.75 Å². The van der Waals surface area contributed by atoms with Crippen molar-refractivity contribution in [3.63, 3.8) is 0 Å². The first-order valence-electron chi connectivity index (χ1n) is 7.82. The van der Waals surface area contributed by atoms with Crippen molar-refractivity contribution in [3.05, 3.63) is 64.1 Å². The molecule has 0 fully saturated rings. The van der Waals surface area contributed by atoms with Gasteiger partial charge in [-0.1, -0.05) is 46.3 Å². The van der Waals surface area contributed by atoms with Gasteiger partial charge in [0.25, 0.3) is 0 Å². The Bertz CT molecular complexity index is 656. The Hall–Kier alpha value is -1.25. The van der Waals surface area contributed by atoms with Gasteiger partial charge in [0.1, 0.15) is 12.7 Å². The molecule has 0 heterocycles. The standard InChI is InChI=1S/C18H20BrF2NO3.ClH/c19-14-8-16(20)18(17(21)9-14)25-12-15(24)11-22(6-7-23)10-13-4-2-1-3-5-13;/h1-5,8-9,15,23-24H,6-7,10-12H2;1H/p-1. The highest BCUT2D eigenvalue weighted by atomic mass is 79.9. The summed E-state index contributed by atoms with van der Waals surface area (Å²) in [5.74, 6) is -2.19. The van der Waals surface area contributed by atoms with Crippen molar-refractivity contribution in [1.29, 1.82) is 0 Å². The molecule has 2 aromatic carbocycles. The van der Waals surface area contributed by atoms with Crippen LogP contribution in [0.1, 0.15) is 5.56 Å². The number of nitrogens with zero attached hydrogens (tertiary/aromatic N) is 1. The van der Waals surface area contributed by atoms with Crippen molar-refractivity contribution >= 4 is 15.9 Å². The maximum absolute atomic E-state index is 13.7. The van der Waals surface area contributed by atoms with E-state index in [1.165, 1.54) is 0 Å². The first-order valence-corrected chi connectivity index (χ1v) is 8.61. The largest absolute Gasteiger partial charge is 1.00 e. The lowest BCUT2D eigenvalue weighted by Gasteiger charge is -2.24. The minimum Gasteiger partial charge on any atom is -1.00 e. The van der Waals surface area contributed by atoms with Crippen molar-refractivity contribution < 1.29 is 36.1 Å². The van der Waals surface area contributed by atoms with Crippen LogP contribution in [0, 0.1) is 11.6 Å². The third-order valence-electron chi connectivity index (χ3n) is 3.52. The van der Waals surface area contributed by atoms with E-state index in [9.17, 15) is 19.0 Å². The lowest BCUT2D eigenvalue weighted by Crippen LogP contribution is -3.00. The molecule has 0 saturated carbocycles. The number of benzene rings is 2. The number of ether oxygens (including phenoxy) is 1. The minimum atomic E-state index is -0.960. The van der Waals surface area contributed by atoms with E-state index in [4.69, 9.17) is 4.74 Å². The maximum Gasteiger partial charge on any atom is 0.190 e. The summed E-state index contributed by atoms with van der Waals surface area (Å²) >= 11 is 2.99. The summed E-state index contributed by atoms with van der Waals surface area (Å²) in [6.07, 6.45) is -0.960. The third kappa shape index (κ3) is 7.17. The number of halogens is 4. The van der Waals surface area contributed by atoms with Crippen molar-refractivity contribution in [2.45, 2.75) is 12.6 Å². The Kier molecular flexibility index (Phi) is 10.0. The molecule has 0 aromatic heterocycles. The molecule has 2 N–H and O–H groups in total. The van der Waals surface area contributed by atoms with Crippen molar-refractivity contribution in [1.82, 2.24) is 4.90 Å². The number of aliphatic hydroxyl groups excluding tert-OH is 2. The zero-order chi connectivity index (χ0) is 18.2. The van der Waals surface area contributed by atoms with Gasteiger partial charge in [0.2, 0.25) is 0 Å². The number of hydrogen-bond acceptors (Lipinski definition) is 4. The van der Waals surface area contributed by atoms with Crippen molar-refractivity contribution in [2.75, 3.05) is 26.3 Å². The minimum absolute atomic E-state index is 0. The highest BCUT2D eigenvalue weighted by molar-refractivity contribution is 9.10. The lowest BCUT2D eigenvalue weighted by molar-refractivity contribution is -0.0000113. The summed E-state index contributed by atoms with van der Waals surface area (Å²) in [6, 6.07) is 11.8. The third-order valence-corrected chi connectivity index (χ3v) is 3.98. The van der Waals surface area contributed by atoms with Crippen LogP contribution in [0.4, 0.5) is 8.78 Å². The van der Waals surface area contributed by atoms with Crippen LogP contribution in [-0.2, 0) is 6.54 Å². The van der Waals surface area contributed by atoms with E-state index in [0.717, 1.165) is 17.7 Å². The maximum atomic E-state index is 13.7. The Labute approximate surface area is 165 Å². The molecule has 0 saturated heterocycles. The molecule has 1 unspecified atom stereocenters. The number of aliphatic hydroxyl groups is 2. The van der Waals surface area contributed by atoms with E-state index in [1.54, 1.807) is 0 Å². The predicted molar refractivity (Wildman–Crippen MR) is 94.4 cm³/mol. The van der Waals surface area contributed by atoms with Crippen LogP contribution >= 0.6 is 15.9 Å². The SMILES string of the molecule is OCCN(Cc1ccccc1)CC(O)COc1c(F)cc(Br)cc1F.[Cl-]. The molecule has 0 amide bonds. The van der Waals surface area contributed by atoms with Crippen molar-refractivity contribution in [2.24, 2.45) is 0 Å². The van der Waals surface area contributed by atoms with E-state index in [-0.39, 0.29) is 36.6 Å². The van der Waals surface area contributed by atoms with Crippen LogP contribution in [0.15, 0.2) is 46.9 Å². The zero-order valence-electron chi connectivity index (χ0n) is 13.9. The van der Waals surface area contributed by atoms with Gasteiger partial charge in [0.05, 0.1) is 6.61 Å². The van der Waals surface area contributed by atoms with Crippen LogP contribution in [0.25, 0.3) is 0 Å². The van der Waals surface area contributed by atoms with Gasteiger partial charge in [-0.2, -0.15) is 0 Å². The Balaban J connectivity index is 0.00000338. The van der Waals surface area contributed by atoms with E-state index in [2.05, 4.69) is 15.9 Å². The number of hydrogen-bond donors (Lipinski definition) is 2. The fourth-order valence-corrected chi connectivity index (χ4v) is 2.82. The molecule has 4 nitrogen and oxygen atoms in total. The van der Waals surface area contributed by atoms with Gasteiger partial charge < -0.3 is 27.4 Å². The molecule has 0 spiro atoms. The van der Waals surface area contributed by atoms with Gasteiger partial charge in [-0.25, -0.2) is 8.78 Å².